The van der Waals surface area contributed by atoms with Crippen molar-refractivity contribution in [2.24, 2.45) is 0 Å². The summed E-state index contributed by atoms with van der Waals surface area (Å²) in [6.07, 6.45) is 2.59. The van der Waals surface area contributed by atoms with Gasteiger partial charge in [-0.05, 0) is 31.9 Å². The molecule has 0 spiro atoms. The first kappa shape index (κ1) is 11.6. The molecular formula is C14H21NO. The molecule has 1 aromatic rings. The first-order valence-electron chi connectivity index (χ1n) is 6.11. The molecule has 2 rings (SSSR count). The molecule has 0 aromatic heterocycles. The van der Waals surface area contributed by atoms with Gasteiger partial charge in [-0.1, -0.05) is 29.8 Å². The monoisotopic (exact) mass is 219 g/mol. The van der Waals surface area contributed by atoms with E-state index in [1.807, 2.05) is 0 Å². The minimum atomic E-state index is 0.607. The summed E-state index contributed by atoms with van der Waals surface area (Å²) in [5.41, 5.74) is 2.80. The van der Waals surface area contributed by atoms with Gasteiger partial charge in [-0.25, -0.2) is 0 Å². The van der Waals surface area contributed by atoms with Crippen molar-refractivity contribution in [3.05, 3.63) is 35.4 Å². The highest BCUT2D eigenvalue weighted by Gasteiger charge is 2.25. The van der Waals surface area contributed by atoms with Gasteiger partial charge in [0.25, 0.3) is 0 Å². The lowest BCUT2D eigenvalue weighted by Gasteiger charge is -2.24. The van der Waals surface area contributed by atoms with Crippen LogP contribution in [0.2, 0.25) is 0 Å². The van der Waals surface area contributed by atoms with Crippen LogP contribution in [0, 0.1) is 6.92 Å². The minimum absolute atomic E-state index is 0.607. The molecule has 1 aromatic carbocycles. The largest absolute Gasteiger partial charge is 0.383 e. The quantitative estimate of drug-likeness (QED) is 0.772. The van der Waals surface area contributed by atoms with Crippen LogP contribution in [0.15, 0.2) is 24.3 Å². The summed E-state index contributed by atoms with van der Waals surface area (Å²) in [6, 6.07) is 9.57. The first-order chi connectivity index (χ1) is 7.81. The second-order valence-corrected chi connectivity index (χ2v) is 4.60. The molecule has 0 N–H and O–H groups in total. The highest BCUT2D eigenvalue weighted by atomic mass is 16.5. The van der Waals surface area contributed by atoms with Gasteiger partial charge >= 0.3 is 0 Å². The van der Waals surface area contributed by atoms with Gasteiger partial charge in [-0.15, -0.1) is 0 Å². The Hall–Kier alpha value is -0.860. The third kappa shape index (κ3) is 2.63. The SMILES string of the molecule is COCCN1CCC[C@H]1c1ccc(C)cc1. The normalized spacial score (nSPS) is 21.5. The zero-order valence-electron chi connectivity index (χ0n) is 10.3. The molecule has 1 atom stereocenters. The standard InChI is InChI=1S/C14H21NO/c1-12-5-7-13(8-6-12)14-4-3-9-15(14)10-11-16-2/h5-8,14H,3-4,9-11H2,1-2H3/t14-/m0/s1. The average Bonchev–Trinajstić information content (AvgIpc) is 2.75. The number of ether oxygens (including phenoxy) is 1. The van der Waals surface area contributed by atoms with Crippen molar-refractivity contribution >= 4 is 0 Å². The maximum atomic E-state index is 5.17. The zero-order chi connectivity index (χ0) is 11.4. The van der Waals surface area contributed by atoms with E-state index in [1.165, 1.54) is 30.5 Å². The van der Waals surface area contributed by atoms with Crippen molar-refractivity contribution in [1.29, 1.82) is 0 Å². The van der Waals surface area contributed by atoms with Crippen LogP contribution in [0.4, 0.5) is 0 Å². The topological polar surface area (TPSA) is 12.5 Å². The van der Waals surface area contributed by atoms with E-state index < -0.39 is 0 Å². The summed E-state index contributed by atoms with van der Waals surface area (Å²) >= 11 is 0. The van der Waals surface area contributed by atoms with Crippen molar-refractivity contribution in [3.63, 3.8) is 0 Å². The van der Waals surface area contributed by atoms with Crippen molar-refractivity contribution in [3.8, 4) is 0 Å². The number of nitrogens with zero attached hydrogens (tertiary/aromatic N) is 1. The van der Waals surface area contributed by atoms with Crippen LogP contribution in [0.3, 0.4) is 0 Å². The predicted molar refractivity (Wildman–Crippen MR) is 66.6 cm³/mol. The highest BCUT2D eigenvalue weighted by Crippen LogP contribution is 2.31. The van der Waals surface area contributed by atoms with Gasteiger partial charge in [0.05, 0.1) is 6.61 Å². The number of hydrogen-bond acceptors (Lipinski definition) is 2. The number of benzene rings is 1. The van der Waals surface area contributed by atoms with Gasteiger partial charge in [0, 0.05) is 19.7 Å². The molecule has 0 amide bonds. The van der Waals surface area contributed by atoms with E-state index in [2.05, 4.69) is 36.1 Å². The van der Waals surface area contributed by atoms with Crippen LogP contribution < -0.4 is 0 Å². The Balaban J connectivity index is 2.04. The summed E-state index contributed by atoms with van der Waals surface area (Å²) in [4.78, 5) is 2.54. The van der Waals surface area contributed by atoms with Crippen LogP contribution in [-0.4, -0.2) is 31.7 Å². The molecule has 1 fully saturated rings. The minimum Gasteiger partial charge on any atom is -0.383 e. The summed E-state index contributed by atoms with van der Waals surface area (Å²) < 4.78 is 5.17. The van der Waals surface area contributed by atoms with Crippen molar-refractivity contribution in [2.75, 3.05) is 26.8 Å². The van der Waals surface area contributed by atoms with E-state index in [0.29, 0.717) is 6.04 Å². The van der Waals surface area contributed by atoms with Gasteiger partial charge in [-0.3, -0.25) is 4.90 Å². The summed E-state index contributed by atoms with van der Waals surface area (Å²) in [6.45, 7) is 5.24. The number of likely N-dealkylation sites (tertiary alicyclic amines) is 1. The Labute approximate surface area is 98.2 Å². The Morgan fingerprint density at radius 1 is 1.31 bits per heavy atom. The summed E-state index contributed by atoms with van der Waals surface area (Å²) in [7, 11) is 1.77. The predicted octanol–water partition coefficient (Wildman–Crippen LogP) is 2.78. The molecule has 0 unspecified atom stereocenters. The highest BCUT2D eigenvalue weighted by molar-refractivity contribution is 5.24. The fraction of sp³-hybridized carbons (Fsp3) is 0.571. The molecule has 0 aliphatic carbocycles. The van der Waals surface area contributed by atoms with Gasteiger partial charge < -0.3 is 4.74 Å². The molecule has 1 saturated heterocycles. The first-order valence-corrected chi connectivity index (χ1v) is 6.11. The molecule has 0 radical (unpaired) electrons. The summed E-state index contributed by atoms with van der Waals surface area (Å²) in [5, 5.41) is 0. The molecule has 0 saturated carbocycles. The Bertz CT molecular complexity index is 320. The second-order valence-electron chi connectivity index (χ2n) is 4.60. The molecule has 1 aliphatic heterocycles. The third-order valence-electron chi connectivity index (χ3n) is 3.41. The molecule has 0 bridgehead atoms. The lowest BCUT2D eigenvalue weighted by atomic mass is 10.0. The fourth-order valence-corrected chi connectivity index (χ4v) is 2.47. The molecule has 16 heavy (non-hydrogen) atoms. The number of rotatable bonds is 4. The molecule has 1 heterocycles. The third-order valence-corrected chi connectivity index (χ3v) is 3.41. The van der Waals surface area contributed by atoms with E-state index in [1.54, 1.807) is 7.11 Å². The number of hydrogen-bond donors (Lipinski definition) is 0. The van der Waals surface area contributed by atoms with E-state index in [0.717, 1.165) is 13.2 Å². The van der Waals surface area contributed by atoms with E-state index >= 15 is 0 Å². The zero-order valence-corrected chi connectivity index (χ0v) is 10.3. The van der Waals surface area contributed by atoms with Gasteiger partial charge in [0.1, 0.15) is 0 Å². The lowest BCUT2D eigenvalue weighted by molar-refractivity contribution is 0.141. The van der Waals surface area contributed by atoms with Crippen LogP contribution in [0.1, 0.15) is 30.0 Å². The van der Waals surface area contributed by atoms with E-state index in [9.17, 15) is 0 Å². The maximum absolute atomic E-state index is 5.17. The average molecular weight is 219 g/mol. The van der Waals surface area contributed by atoms with Crippen molar-refractivity contribution in [2.45, 2.75) is 25.8 Å². The maximum Gasteiger partial charge on any atom is 0.0589 e. The van der Waals surface area contributed by atoms with E-state index in [4.69, 9.17) is 4.74 Å². The fourth-order valence-electron chi connectivity index (χ4n) is 2.47. The molecule has 1 aliphatic rings. The second kappa shape index (κ2) is 5.46. The molecule has 2 heteroatoms. The lowest BCUT2D eigenvalue weighted by Crippen LogP contribution is -2.26. The van der Waals surface area contributed by atoms with Crippen LogP contribution >= 0.6 is 0 Å². The van der Waals surface area contributed by atoms with Crippen molar-refractivity contribution < 1.29 is 4.74 Å². The Morgan fingerprint density at radius 2 is 2.06 bits per heavy atom. The summed E-state index contributed by atoms with van der Waals surface area (Å²) in [5.74, 6) is 0. The molecule has 2 nitrogen and oxygen atoms in total. The Morgan fingerprint density at radius 3 is 2.75 bits per heavy atom. The van der Waals surface area contributed by atoms with Crippen LogP contribution in [0.5, 0.6) is 0 Å². The molecule has 88 valence electrons. The van der Waals surface area contributed by atoms with Crippen molar-refractivity contribution in [1.82, 2.24) is 4.90 Å². The Kier molecular flexibility index (Phi) is 3.97. The van der Waals surface area contributed by atoms with Crippen LogP contribution in [0.25, 0.3) is 0 Å². The number of aryl methyl sites for hydroxylation is 1. The van der Waals surface area contributed by atoms with Crippen LogP contribution in [-0.2, 0) is 4.74 Å². The van der Waals surface area contributed by atoms with Gasteiger partial charge in [0.15, 0.2) is 0 Å². The molecular weight excluding hydrogens is 198 g/mol. The van der Waals surface area contributed by atoms with Gasteiger partial charge in [0.2, 0.25) is 0 Å². The van der Waals surface area contributed by atoms with Gasteiger partial charge in [-0.2, -0.15) is 0 Å². The smallest absolute Gasteiger partial charge is 0.0589 e. The number of methoxy groups -OCH3 is 1. The van der Waals surface area contributed by atoms with E-state index in [-0.39, 0.29) is 0 Å².